The van der Waals surface area contributed by atoms with E-state index in [-0.39, 0.29) is 21.5 Å². The van der Waals surface area contributed by atoms with Gasteiger partial charge in [0.1, 0.15) is 4.88 Å². The number of benzene rings is 2. The third kappa shape index (κ3) is 4.67. The van der Waals surface area contributed by atoms with Crippen molar-refractivity contribution in [2.24, 2.45) is 5.10 Å². The van der Waals surface area contributed by atoms with Gasteiger partial charge in [0.25, 0.3) is 17.5 Å². The summed E-state index contributed by atoms with van der Waals surface area (Å²) in [6, 6.07) is 14.3. The van der Waals surface area contributed by atoms with Crippen molar-refractivity contribution < 1.29 is 14.5 Å². The van der Waals surface area contributed by atoms with Crippen molar-refractivity contribution in [3.05, 3.63) is 90.4 Å². The number of anilines is 1. The van der Waals surface area contributed by atoms with Crippen molar-refractivity contribution in [1.82, 2.24) is 5.43 Å². The van der Waals surface area contributed by atoms with Crippen LogP contribution in [-0.2, 0) is 0 Å². The van der Waals surface area contributed by atoms with Crippen LogP contribution in [0.15, 0.2) is 65.1 Å². The molecule has 0 atom stereocenters. The molecule has 32 heavy (non-hydrogen) atoms. The molecule has 11 heteroatoms. The number of carbonyl (C=O) groups excluding carboxylic acids is 2. The second-order valence-electron chi connectivity index (χ2n) is 6.43. The summed E-state index contributed by atoms with van der Waals surface area (Å²) in [5.74, 6) is -0.832. The minimum absolute atomic E-state index is 0.0732. The Hall–Kier alpha value is -3.60. The molecule has 2 N–H and O–H groups in total. The predicted octanol–water partition coefficient (Wildman–Crippen LogP) is 5.54. The van der Waals surface area contributed by atoms with Crippen molar-refractivity contribution in [2.45, 2.75) is 0 Å². The molecule has 0 aliphatic carbocycles. The van der Waals surface area contributed by atoms with Gasteiger partial charge < -0.3 is 5.32 Å². The van der Waals surface area contributed by atoms with Gasteiger partial charge in [-0.15, -0.1) is 22.7 Å². The predicted molar refractivity (Wildman–Crippen MR) is 127 cm³/mol. The van der Waals surface area contributed by atoms with E-state index in [4.69, 9.17) is 11.6 Å². The van der Waals surface area contributed by atoms with E-state index in [1.54, 1.807) is 30.5 Å². The van der Waals surface area contributed by atoms with Crippen LogP contribution < -0.4 is 10.7 Å². The van der Waals surface area contributed by atoms with Crippen LogP contribution in [0.3, 0.4) is 0 Å². The van der Waals surface area contributed by atoms with Crippen molar-refractivity contribution in [2.75, 3.05) is 5.32 Å². The number of nitrogens with one attached hydrogen (secondary N) is 2. The van der Waals surface area contributed by atoms with Gasteiger partial charge in [-0.05, 0) is 41.8 Å². The first kappa shape index (κ1) is 21.6. The fraction of sp³-hybridized carbons (Fsp3) is 0. The summed E-state index contributed by atoms with van der Waals surface area (Å²) in [6.07, 6.45) is 1.56. The van der Waals surface area contributed by atoms with Gasteiger partial charge >= 0.3 is 0 Å². The maximum absolute atomic E-state index is 12.7. The summed E-state index contributed by atoms with van der Waals surface area (Å²) < 4.78 is 0.546. The number of nitro groups is 1. The van der Waals surface area contributed by atoms with Gasteiger partial charge in [0.05, 0.1) is 16.2 Å². The Morgan fingerprint density at radius 1 is 1.09 bits per heavy atom. The summed E-state index contributed by atoms with van der Waals surface area (Å²) in [4.78, 5) is 36.5. The van der Waals surface area contributed by atoms with E-state index in [0.717, 1.165) is 16.2 Å². The molecule has 0 saturated heterocycles. The number of amides is 2. The molecule has 0 fully saturated rings. The van der Waals surface area contributed by atoms with Crippen LogP contribution in [0.5, 0.6) is 0 Å². The molecule has 2 amide bonds. The lowest BCUT2D eigenvalue weighted by atomic mass is 10.2. The zero-order valence-electron chi connectivity index (χ0n) is 16.1. The Balaban J connectivity index is 1.44. The van der Waals surface area contributed by atoms with Crippen LogP contribution in [0, 0.1) is 10.1 Å². The lowest BCUT2D eigenvalue weighted by molar-refractivity contribution is -0.384. The molecule has 2 heterocycles. The Kier molecular flexibility index (Phi) is 6.26. The first-order chi connectivity index (χ1) is 15.4. The summed E-state index contributed by atoms with van der Waals surface area (Å²) in [5, 5.41) is 20.3. The van der Waals surface area contributed by atoms with Gasteiger partial charge in [0.2, 0.25) is 0 Å². The second-order valence-corrected chi connectivity index (χ2v) is 8.84. The van der Waals surface area contributed by atoms with Gasteiger partial charge in [-0.1, -0.05) is 17.7 Å². The topological polar surface area (TPSA) is 114 Å². The lowest BCUT2D eigenvalue weighted by Gasteiger charge is -2.05. The standard InChI is InChI=1S/C21H13ClN4O4S2/c22-18-16-8-7-14(26(29)30)10-17(16)32-19(18)21(28)24-13-5-3-12(4-6-13)20(27)25-23-11-15-2-1-9-31-15/h1-11H,(H,24,28)(H,25,27)/b23-11-. The first-order valence-electron chi connectivity index (χ1n) is 9.07. The number of rotatable bonds is 6. The van der Waals surface area contributed by atoms with Crippen LogP contribution in [0.2, 0.25) is 5.02 Å². The van der Waals surface area contributed by atoms with Crippen LogP contribution in [-0.4, -0.2) is 23.0 Å². The van der Waals surface area contributed by atoms with E-state index >= 15 is 0 Å². The summed E-state index contributed by atoms with van der Waals surface area (Å²) in [7, 11) is 0. The maximum atomic E-state index is 12.7. The number of hydrazone groups is 1. The quantitative estimate of drug-likeness (QED) is 0.212. The minimum atomic E-state index is -0.502. The van der Waals surface area contributed by atoms with Gasteiger partial charge in [-0.2, -0.15) is 5.10 Å². The summed E-state index contributed by atoms with van der Waals surface area (Å²) in [5.41, 5.74) is 3.21. The molecule has 0 saturated carbocycles. The van der Waals surface area contributed by atoms with Crippen molar-refractivity contribution in [1.29, 1.82) is 0 Å². The highest BCUT2D eigenvalue weighted by molar-refractivity contribution is 7.21. The smallest absolute Gasteiger partial charge is 0.271 e. The number of nitro benzene ring substituents is 1. The van der Waals surface area contributed by atoms with E-state index in [9.17, 15) is 19.7 Å². The number of hydrogen-bond acceptors (Lipinski definition) is 7. The number of nitrogens with zero attached hydrogens (tertiary/aromatic N) is 2. The highest BCUT2D eigenvalue weighted by Crippen LogP contribution is 2.37. The number of fused-ring (bicyclic) bond motifs is 1. The van der Waals surface area contributed by atoms with Crippen LogP contribution in [0.4, 0.5) is 11.4 Å². The van der Waals surface area contributed by atoms with Gasteiger partial charge in [0, 0.05) is 38.3 Å². The number of halogens is 1. The maximum Gasteiger partial charge on any atom is 0.271 e. The monoisotopic (exact) mass is 484 g/mol. The number of hydrogen-bond donors (Lipinski definition) is 2. The highest BCUT2D eigenvalue weighted by Gasteiger charge is 2.19. The first-order valence-corrected chi connectivity index (χ1v) is 11.1. The molecule has 2 aromatic carbocycles. The Labute approximate surface area is 194 Å². The number of carbonyl (C=O) groups is 2. The van der Waals surface area contributed by atoms with Crippen molar-refractivity contribution >= 4 is 73.8 Å². The molecule has 0 radical (unpaired) electrons. The van der Waals surface area contributed by atoms with E-state index < -0.39 is 10.8 Å². The Morgan fingerprint density at radius 2 is 1.88 bits per heavy atom. The average Bonchev–Trinajstić information content (AvgIpc) is 3.42. The molecule has 0 bridgehead atoms. The van der Waals surface area contributed by atoms with Crippen LogP contribution in [0.1, 0.15) is 24.9 Å². The normalized spacial score (nSPS) is 11.0. The van der Waals surface area contributed by atoms with E-state index in [1.807, 2.05) is 17.5 Å². The van der Waals surface area contributed by atoms with Gasteiger partial charge in [-0.25, -0.2) is 5.43 Å². The molecule has 8 nitrogen and oxygen atoms in total. The highest BCUT2D eigenvalue weighted by atomic mass is 35.5. The number of non-ortho nitro benzene ring substituents is 1. The molecule has 0 aliphatic heterocycles. The van der Waals surface area contributed by atoms with Crippen LogP contribution in [0.25, 0.3) is 10.1 Å². The Morgan fingerprint density at radius 3 is 2.56 bits per heavy atom. The summed E-state index contributed by atoms with van der Waals surface area (Å²) in [6.45, 7) is 0. The molecule has 2 aromatic heterocycles. The molecule has 160 valence electrons. The van der Waals surface area contributed by atoms with E-state index in [0.29, 0.717) is 21.3 Å². The van der Waals surface area contributed by atoms with Crippen molar-refractivity contribution in [3.63, 3.8) is 0 Å². The second kappa shape index (κ2) is 9.27. The van der Waals surface area contributed by atoms with Gasteiger partial charge in [0.15, 0.2) is 0 Å². The molecule has 0 unspecified atom stereocenters. The van der Waals surface area contributed by atoms with Crippen molar-refractivity contribution in [3.8, 4) is 0 Å². The third-order valence-electron chi connectivity index (χ3n) is 4.34. The third-order valence-corrected chi connectivity index (χ3v) is 6.80. The van der Waals surface area contributed by atoms with Gasteiger partial charge in [-0.3, -0.25) is 19.7 Å². The summed E-state index contributed by atoms with van der Waals surface area (Å²) >= 11 is 8.89. The average molecular weight is 485 g/mol. The molecular weight excluding hydrogens is 472 g/mol. The Bertz CT molecular complexity index is 1350. The van der Waals surface area contributed by atoms with Crippen LogP contribution >= 0.6 is 34.3 Å². The molecule has 0 spiro atoms. The minimum Gasteiger partial charge on any atom is -0.321 e. The molecule has 4 aromatic rings. The number of thiophene rings is 2. The zero-order chi connectivity index (χ0) is 22.7. The molecule has 4 rings (SSSR count). The van der Waals surface area contributed by atoms with E-state index in [2.05, 4.69) is 15.8 Å². The fourth-order valence-electron chi connectivity index (χ4n) is 2.79. The zero-order valence-corrected chi connectivity index (χ0v) is 18.5. The largest absolute Gasteiger partial charge is 0.321 e. The molecular formula is C21H13ClN4O4S2. The lowest BCUT2D eigenvalue weighted by Crippen LogP contribution is -2.17. The SMILES string of the molecule is O=C(N/N=C\c1cccs1)c1ccc(NC(=O)c2sc3cc([N+](=O)[O-])ccc3c2Cl)cc1. The fourth-order valence-corrected chi connectivity index (χ4v) is 4.82. The van der Waals surface area contributed by atoms with E-state index in [1.165, 1.54) is 29.5 Å². The molecule has 0 aliphatic rings.